The van der Waals surface area contributed by atoms with Crippen LogP contribution in [0.25, 0.3) is 45.5 Å². The lowest BCUT2D eigenvalue weighted by Gasteiger charge is -2.39. The Balaban J connectivity index is 0.870. The van der Waals surface area contributed by atoms with E-state index in [9.17, 15) is 0 Å². The summed E-state index contributed by atoms with van der Waals surface area (Å²) >= 11 is 0. The van der Waals surface area contributed by atoms with Crippen LogP contribution in [0.4, 0.5) is 54.8 Å². The summed E-state index contributed by atoms with van der Waals surface area (Å²) in [6.07, 6.45) is 9.92. The number of allylic oxidation sites excluding steroid dienone is 3. The molecular formula is C95H66F6N2. The second kappa shape index (κ2) is 23.5. The van der Waals surface area contributed by atoms with Gasteiger partial charge in [0.2, 0.25) is 0 Å². The van der Waals surface area contributed by atoms with Gasteiger partial charge in [0.1, 0.15) is 0 Å². The van der Waals surface area contributed by atoms with Crippen molar-refractivity contribution in [1.82, 2.24) is 0 Å². The number of benzene rings is 13. The van der Waals surface area contributed by atoms with E-state index in [0.29, 0.717) is 22.8 Å². The van der Waals surface area contributed by atoms with E-state index in [2.05, 4.69) is 229 Å². The van der Waals surface area contributed by atoms with Gasteiger partial charge in [0.15, 0.2) is 34.9 Å². The van der Waals surface area contributed by atoms with E-state index in [1.807, 2.05) is 78.9 Å². The minimum absolute atomic E-state index is 0.201. The third kappa shape index (κ3) is 8.89. The van der Waals surface area contributed by atoms with Gasteiger partial charge in [-0.1, -0.05) is 249 Å². The Hall–Kier alpha value is -12.0. The monoisotopic (exact) mass is 1350 g/mol. The lowest BCUT2D eigenvalue weighted by Crippen LogP contribution is -2.34. The molecule has 5 unspecified atom stereocenters. The van der Waals surface area contributed by atoms with E-state index in [-0.39, 0.29) is 17.3 Å². The molecule has 103 heavy (non-hydrogen) atoms. The number of aryl methyl sites for hydroxylation is 4. The summed E-state index contributed by atoms with van der Waals surface area (Å²) in [5, 5.41) is 0. The quantitative estimate of drug-likeness (QED) is 0.0888. The van der Waals surface area contributed by atoms with Crippen molar-refractivity contribution in [2.75, 3.05) is 9.80 Å². The van der Waals surface area contributed by atoms with Crippen LogP contribution in [0.15, 0.2) is 298 Å². The van der Waals surface area contributed by atoms with Gasteiger partial charge in [-0.25, -0.2) is 26.3 Å². The molecule has 5 aliphatic rings. The van der Waals surface area contributed by atoms with Crippen LogP contribution in [0.5, 0.6) is 0 Å². The summed E-state index contributed by atoms with van der Waals surface area (Å²) in [5.41, 5.74) is 22.5. The first-order valence-corrected chi connectivity index (χ1v) is 34.8. The molecule has 0 saturated carbocycles. The van der Waals surface area contributed by atoms with Crippen molar-refractivity contribution < 1.29 is 26.3 Å². The Kier molecular flexibility index (Phi) is 14.4. The van der Waals surface area contributed by atoms with Crippen molar-refractivity contribution in [1.29, 1.82) is 0 Å². The van der Waals surface area contributed by atoms with Gasteiger partial charge in [-0.05, 0) is 217 Å². The Morgan fingerprint density at radius 1 is 0.350 bits per heavy atom. The lowest BCUT2D eigenvalue weighted by atomic mass is 9.65. The van der Waals surface area contributed by atoms with Crippen molar-refractivity contribution in [2.24, 2.45) is 5.92 Å². The SMILES string of the molecule is C=Cc1ccc(C2(c3cc(C)ccc3C)c3ccccc3-c3ccc(N(C4=CC5C(C=C4)c4ccccc4C54c5ccccc5-c5ccc(N(c6ccc7c(c6)C(c6ccc(C=C)cc6)(c6cc(C)ccc6C)c6ccccc6-7)c6ccc(F)c(F)c6F)cc54)c4ccc(F)c(F)c4F)cc32)cc1. The van der Waals surface area contributed by atoms with Crippen LogP contribution in [-0.2, 0) is 16.2 Å². The van der Waals surface area contributed by atoms with Gasteiger partial charge in [-0.2, -0.15) is 0 Å². The number of hydrogen-bond donors (Lipinski definition) is 0. The van der Waals surface area contributed by atoms with Crippen molar-refractivity contribution in [3.05, 3.63) is 433 Å². The zero-order valence-corrected chi connectivity index (χ0v) is 56.9. The molecule has 0 heterocycles. The van der Waals surface area contributed by atoms with Crippen molar-refractivity contribution >= 4 is 40.6 Å². The molecule has 0 amide bonds. The van der Waals surface area contributed by atoms with Crippen LogP contribution in [0.3, 0.4) is 0 Å². The zero-order chi connectivity index (χ0) is 70.5. The van der Waals surface area contributed by atoms with Gasteiger partial charge in [-0.3, -0.25) is 0 Å². The van der Waals surface area contributed by atoms with Crippen LogP contribution in [0, 0.1) is 68.5 Å². The van der Waals surface area contributed by atoms with Crippen LogP contribution in [0.2, 0.25) is 0 Å². The lowest BCUT2D eigenvalue weighted by molar-refractivity contribution is 0.447. The van der Waals surface area contributed by atoms with Crippen LogP contribution in [0.1, 0.15) is 106 Å². The highest BCUT2D eigenvalue weighted by atomic mass is 19.2. The van der Waals surface area contributed by atoms with Crippen molar-refractivity contribution in [3.63, 3.8) is 0 Å². The second-order valence-corrected chi connectivity index (χ2v) is 28.1. The molecule has 18 rings (SSSR count). The normalized spacial score (nSPS) is 18.8. The topological polar surface area (TPSA) is 6.48 Å². The van der Waals surface area contributed by atoms with E-state index in [1.165, 1.54) is 12.1 Å². The largest absolute Gasteiger partial charge is 0.308 e. The third-order valence-corrected chi connectivity index (χ3v) is 22.9. The highest BCUT2D eigenvalue weighted by Gasteiger charge is 2.58. The Morgan fingerprint density at radius 2 is 0.757 bits per heavy atom. The summed E-state index contributed by atoms with van der Waals surface area (Å²) in [4.78, 5) is 3.43. The molecule has 0 fully saturated rings. The summed E-state index contributed by atoms with van der Waals surface area (Å²) in [6.45, 7) is 16.6. The second-order valence-electron chi connectivity index (χ2n) is 28.1. The minimum Gasteiger partial charge on any atom is -0.308 e. The number of anilines is 5. The van der Waals surface area contributed by atoms with Gasteiger partial charge in [0.05, 0.1) is 27.6 Å². The highest BCUT2D eigenvalue weighted by Crippen LogP contribution is 2.67. The molecule has 13 aromatic rings. The molecule has 498 valence electrons. The molecule has 0 N–H and O–H groups in total. The van der Waals surface area contributed by atoms with Gasteiger partial charge in [0.25, 0.3) is 0 Å². The highest BCUT2D eigenvalue weighted by molar-refractivity contribution is 5.94. The van der Waals surface area contributed by atoms with Gasteiger partial charge in [0, 0.05) is 34.6 Å². The number of halogens is 6. The minimum atomic E-state index is -1.61. The molecule has 0 radical (unpaired) electrons. The van der Waals surface area contributed by atoms with E-state index in [4.69, 9.17) is 0 Å². The van der Waals surface area contributed by atoms with E-state index in [0.717, 1.165) is 146 Å². The summed E-state index contributed by atoms with van der Waals surface area (Å²) in [7, 11) is 0. The first-order valence-electron chi connectivity index (χ1n) is 34.8. The third-order valence-electron chi connectivity index (χ3n) is 22.9. The molecule has 5 aliphatic carbocycles. The molecule has 2 nitrogen and oxygen atoms in total. The maximum Gasteiger partial charge on any atom is 0.196 e. The smallest absolute Gasteiger partial charge is 0.196 e. The van der Waals surface area contributed by atoms with Crippen LogP contribution in [-0.4, -0.2) is 0 Å². The zero-order valence-electron chi connectivity index (χ0n) is 56.9. The Labute approximate surface area is 595 Å². The van der Waals surface area contributed by atoms with Crippen molar-refractivity contribution in [2.45, 2.75) is 49.9 Å². The number of nitrogens with zero attached hydrogens (tertiary/aromatic N) is 2. The molecule has 0 aliphatic heterocycles. The fourth-order valence-electron chi connectivity index (χ4n) is 18.5. The maximum absolute atomic E-state index is 17.6. The fraction of sp³-hybridized carbons (Fsp3) is 0.0947. The molecule has 13 aromatic carbocycles. The number of rotatable bonds is 12. The average Bonchev–Trinajstić information content (AvgIpc) is 1.52. The molecule has 5 atom stereocenters. The van der Waals surface area contributed by atoms with Gasteiger partial charge in [-0.15, -0.1) is 0 Å². The Bertz CT molecular complexity index is 5860. The van der Waals surface area contributed by atoms with Crippen LogP contribution >= 0.6 is 0 Å². The van der Waals surface area contributed by atoms with Crippen molar-refractivity contribution in [3.8, 4) is 33.4 Å². The number of fused-ring (bicyclic) bond motifs is 16. The first-order chi connectivity index (χ1) is 50.1. The van der Waals surface area contributed by atoms with Gasteiger partial charge < -0.3 is 9.80 Å². The molecule has 0 bridgehead atoms. The first kappa shape index (κ1) is 63.2. The predicted molar refractivity (Wildman–Crippen MR) is 405 cm³/mol. The molecular weight excluding hydrogens is 1280 g/mol. The van der Waals surface area contributed by atoms with E-state index < -0.39 is 57.1 Å². The van der Waals surface area contributed by atoms with E-state index in [1.54, 1.807) is 9.80 Å². The molecule has 1 spiro atoms. The summed E-state index contributed by atoms with van der Waals surface area (Å²) < 4.78 is 99.1. The fourth-order valence-corrected chi connectivity index (χ4v) is 18.5. The molecule has 8 heteroatoms. The Morgan fingerprint density at radius 3 is 1.25 bits per heavy atom. The molecule has 0 saturated heterocycles. The summed E-state index contributed by atoms with van der Waals surface area (Å²) in [6, 6.07) is 86.2. The summed E-state index contributed by atoms with van der Waals surface area (Å²) in [5.74, 6) is -9.40. The van der Waals surface area contributed by atoms with E-state index >= 15 is 26.3 Å². The number of hydrogen-bond acceptors (Lipinski definition) is 2. The van der Waals surface area contributed by atoms with Crippen LogP contribution < -0.4 is 9.80 Å². The predicted octanol–water partition coefficient (Wildman–Crippen LogP) is 24.6. The average molecular weight is 1350 g/mol. The standard InChI is InChI=1S/C95H66F6N2/c1-7-59-29-33-61(34-30-59)93(79-49-55(3)25-27-57(79)5)75-21-13-9-17-67(75)71-41-37-63(51-81(71)93)102(87-47-45-85(96)89(98)91(87)100)65-39-43-73-69-19-11-15-23-77(69)95(83(73)53-65)78-24-16-12-20-70(78)74-44-40-66(54-84(74)95)103(88-48-46-86(97)90(99)92(88)101)64-38-42-72-68-18-10-14-22-76(68)94(82(72)52-64,62-35-31-60(8-2)32-36-62)80-50-56(4)26-28-58(80)6/h7-54,73,83H,1-2H2,3-6H3. The molecule has 0 aromatic heterocycles. The maximum atomic E-state index is 17.6. The van der Waals surface area contributed by atoms with Gasteiger partial charge >= 0.3 is 0 Å².